The van der Waals surface area contributed by atoms with Crippen LogP contribution in [0.1, 0.15) is 12.8 Å². The van der Waals surface area contributed by atoms with Gasteiger partial charge in [0.05, 0.1) is 11.4 Å². The Morgan fingerprint density at radius 2 is 1.94 bits per heavy atom. The molecule has 0 saturated carbocycles. The van der Waals surface area contributed by atoms with Gasteiger partial charge in [0.2, 0.25) is 0 Å². The van der Waals surface area contributed by atoms with Gasteiger partial charge >= 0.3 is 0 Å². The number of hydrogen-bond acceptors (Lipinski definition) is 3. The molecule has 0 unspecified atom stereocenters. The molecule has 0 bridgehead atoms. The van der Waals surface area contributed by atoms with Crippen molar-refractivity contribution in [3.8, 4) is 0 Å². The second-order valence-electron chi connectivity index (χ2n) is 3.88. The van der Waals surface area contributed by atoms with Gasteiger partial charge in [-0.15, -0.1) is 0 Å². The molecule has 1 fully saturated rings. The van der Waals surface area contributed by atoms with Gasteiger partial charge in [-0.05, 0) is 18.9 Å². The minimum Gasteiger partial charge on any atom is -0.395 e. The summed E-state index contributed by atoms with van der Waals surface area (Å²) in [6.07, 6.45) is 1.63. The smallest absolute Gasteiger partial charge is 0.151 e. The summed E-state index contributed by atoms with van der Waals surface area (Å²) in [4.78, 5) is 0. The van der Waals surface area contributed by atoms with Crippen molar-refractivity contribution in [2.24, 2.45) is 0 Å². The van der Waals surface area contributed by atoms with Crippen LogP contribution in [0.5, 0.6) is 0 Å². The van der Waals surface area contributed by atoms with Gasteiger partial charge in [0, 0.05) is 25.3 Å². The van der Waals surface area contributed by atoms with Crippen molar-refractivity contribution < 1.29 is 13.5 Å². The topological polar surface area (TPSA) is 47.3 Å². The monoisotopic (exact) mass is 228 g/mol. The van der Waals surface area contributed by atoms with E-state index < -0.39 is 11.6 Å². The normalized spacial score (nSPS) is 17.4. The van der Waals surface area contributed by atoms with Crippen LogP contribution in [-0.4, -0.2) is 19.3 Å². The number of nitrogens with two attached hydrogens (primary N) is 1. The molecule has 16 heavy (non-hydrogen) atoms. The number of nitrogen functional groups attached to an aromatic ring is 1. The minimum absolute atomic E-state index is 0.0344. The van der Waals surface area contributed by atoms with E-state index in [0.29, 0.717) is 18.9 Å². The van der Waals surface area contributed by atoms with Gasteiger partial charge in [-0.2, -0.15) is 0 Å². The number of benzene rings is 1. The maximum Gasteiger partial charge on any atom is 0.151 e. The molecule has 0 spiro atoms. The van der Waals surface area contributed by atoms with Gasteiger partial charge in [0.1, 0.15) is 5.82 Å². The van der Waals surface area contributed by atoms with Crippen LogP contribution in [0.4, 0.5) is 20.2 Å². The molecule has 0 atom stereocenters. The van der Waals surface area contributed by atoms with Crippen LogP contribution in [0.3, 0.4) is 0 Å². The van der Waals surface area contributed by atoms with Crippen LogP contribution >= 0.6 is 0 Å². The first kappa shape index (κ1) is 11.1. The summed E-state index contributed by atoms with van der Waals surface area (Å²) >= 11 is 0. The molecule has 1 aliphatic rings. The lowest BCUT2D eigenvalue weighted by atomic mass is 10.1. The van der Waals surface area contributed by atoms with Crippen molar-refractivity contribution in [2.45, 2.75) is 18.9 Å². The summed E-state index contributed by atoms with van der Waals surface area (Å²) < 4.78 is 31.4. The lowest BCUT2D eigenvalue weighted by Gasteiger charge is -2.24. The zero-order valence-electron chi connectivity index (χ0n) is 8.80. The Labute approximate surface area is 92.6 Å². The average molecular weight is 228 g/mol. The van der Waals surface area contributed by atoms with Crippen LogP contribution in [-0.2, 0) is 4.74 Å². The van der Waals surface area contributed by atoms with Crippen LogP contribution < -0.4 is 11.1 Å². The van der Waals surface area contributed by atoms with Crippen LogP contribution in [0.15, 0.2) is 12.1 Å². The summed E-state index contributed by atoms with van der Waals surface area (Å²) in [6.45, 7) is 1.32. The number of nitrogens with one attached hydrogen (secondary N) is 1. The summed E-state index contributed by atoms with van der Waals surface area (Å²) in [6, 6.07) is 2.16. The van der Waals surface area contributed by atoms with Crippen LogP contribution in [0.25, 0.3) is 0 Å². The van der Waals surface area contributed by atoms with Gasteiger partial charge in [0.15, 0.2) is 5.82 Å². The maximum atomic E-state index is 13.2. The lowest BCUT2D eigenvalue weighted by Crippen LogP contribution is -2.28. The van der Waals surface area contributed by atoms with Crippen molar-refractivity contribution >= 4 is 11.4 Å². The summed E-state index contributed by atoms with van der Waals surface area (Å²) in [5.41, 5.74) is 5.82. The Morgan fingerprint density at radius 3 is 2.62 bits per heavy atom. The van der Waals surface area contributed by atoms with Gasteiger partial charge < -0.3 is 15.8 Å². The largest absolute Gasteiger partial charge is 0.395 e. The highest BCUT2D eigenvalue weighted by Gasteiger charge is 2.16. The zero-order chi connectivity index (χ0) is 11.5. The van der Waals surface area contributed by atoms with Crippen LogP contribution in [0, 0.1) is 11.6 Å². The Morgan fingerprint density at radius 1 is 1.25 bits per heavy atom. The summed E-state index contributed by atoms with van der Waals surface area (Å²) in [5.74, 6) is -1.35. The molecule has 1 aromatic carbocycles. The van der Waals surface area contributed by atoms with Crippen molar-refractivity contribution in [2.75, 3.05) is 24.3 Å². The first-order chi connectivity index (χ1) is 7.66. The second-order valence-corrected chi connectivity index (χ2v) is 3.88. The molecule has 5 heteroatoms. The Balaban J connectivity index is 2.13. The molecule has 88 valence electrons. The van der Waals surface area contributed by atoms with Crippen molar-refractivity contribution in [3.05, 3.63) is 23.8 Å². The fourth-order valence-corrected chi connectivity index (χ4v) is 1.77. The van der Waals surface area contributed by atoms with Crippen LogP contribution in [0.2, 0.25) is 0 Å². The predicted octanol–water partition coefficient (Wildman–Crippen LogP) is 2.14. The Bertz CT molecular complexity index is 378. The van der Waals surface area contributed by atoms with E-state index in [1.165, 1.54) is 6.07 Å². The van der Waals surface area contributed by atoms with E-state index in [0.717, 1.165) is 18.9 Å². The molecule has 1 heterocycles. The number of anilines is 2. The molecule has 1 aromatic rings. The number of rotatable bonds is 2. The molecule has 0 amide bonds. The third-order valence-corrected chi connectivity index (χ3v) is 2.68. The second kappa shape index (κ2) is 4.65. The lowest BCUT2D eigenvalue weighted by molar-refractivity contribution is 0.0904. The molecule has 1 saturated heterocycles. The fourth-order valence-electron chi connectivity index (χ4n) is 1.77. The average Bonchev–Trinajstić information content (AvgIpc) is 2.27. The van der Waals surface area contributed by atoms with E-state index in [-0.39, 0.29) is 11.7 Å². The number of hydrogen-bond donors (Lipinski definition) is 2. The fraction of sp³-hybridized carbons (Fsp3) is 0.455. The molecular formula is C11H14F2N2O. The Kier molecular flexibility index (Phi) is 3.24. The zero-order valence-corrected chi connectivity index (χ0v) is 8.80. The van der Waals surface area contributed by atoms with Gasteiger partial charge in [-0.3, -0.25) is 0 Å². The maximum absolute atomic E-state index is 13.2. The molecule has 2 rings (SSSR count). The first-order valence-corrected chi connectivity index (χ1v) is 5.25. The van der Waals surface area contributed by atoms with E-state index in [2.05, 4.69) is 5.32 Å². The van der Waals surface area contributed by atoms with Gasteiger partial charge in [-0.1, -0.05) is 0 Å². The molecule has 3 N–H and O–H groups in total. The first-order valence-electron chi connectivity index (χ1n) is 5.25. The highest BCUT2D eigenvalue weighted by atomic mass is 19.1. The number of ether oxygens (including phenoxy) is 1. The standard InChI is InChI=1S/C11H14F2N2O/c12-7-5-9(13)11(14)10(6-7)15-8-1-3-16-4-2-8/h5-6,8,15H,1-4,14H2. The van der Waals surface area contributed by atoms with Crippen molar-refractivity contribution in [1.82, 2.24) is 0 Å². The third kappa shape index (κ3) is 2.41. The molecule has 0 aliphatic carbocycles. The SMILES string of the molecule is Nc1c(F)cc(F)cc1NC1CCOCC1. The van der Waals surface area contributed by atoms with Gasteiger partial charge in [-0.25, -0.2) is 8.78 Å². The molecule has 0 aromatic heterocycles. The van der Waals surface area contributed by atoms with E-state index in [9.17, 15) is 8.78 Å². The van der Waals surface area contributed by atoms with E-state index in [1.54, 1.807) is 0 Å². The Hall–Kier alpha value is -1.36. The summed E-state index contributed by atoms with van der Waals surface area (Å²) in [5, 5.41) is 3.05. The predicted molar refractivity (Wildman–Crippen MR) is 58.2 cm³/mol. The van der Waals surface area contributed by atoms with E-state index in [4.69, 9.17) is 10.5 Å². The summed E-state index contributed by atoms with van der Waals surface area (Å²) in [7, 11) is 0. The highest BCUT2D eigenvalue weighted by Crippen LogP contribution is 2.25. The minimum atomic E-state index is -0.727. The quantitative estimate of drug-likeness (QED) is 0.762. The van der Waals surface area contributed by atoms with Crippen molar-refractivity contribution in [3.63, 3.8) is 0 Å². The molecule has 1 aliphatic heterocycles. The molecular weight excluding hydrogens is 214 g/mol. The number of halogens is 2. The highest BCUT2D eigenvalue weighted by molar-refractivity contribution is 5.67. The molecule has 3 nitrogen and oxygen atoms in total. The van der Waals surface area contributed by atoms with Crippen molar-refractivity contribution in [1.29, 1.82) is 0 Å². The molecule has 0 radical (unpaired) electrons. The third-order valence-electron chi connectivity index (χ3n) is 2.68. The van der Waals surface area contributed by atoms with Gasteiger partial charge in [0.25, 0.3) is 0 Å². The van der Waals surface area contributed by atoms with E-state index in [1.807, 2.05) is 0 Å². The van der Waals surface area contributed by atoms with E-state index >= 15 is 0 Å².